The van der Waals surface area contributed by atoms with Crippen molar-refractivity contribution in [3.63, 3.8) is 0 Å². The largest absolute Gasteiger partial charge is 0.490 e. The summed E-state index contributed by atoms with van der Waals surface area (Å²) in [5.74, 6) is 1.87. The van der Waals surface area contributed by atoms with Gasteiger partial charge < -0.3 is 14.8 Å². The number of hydrogen-bond donors (Lipinski definition) is 1. The summed E-state index contributed by atoms with van der Waals surface area (Å²) in [7, 11) is 0. The number of halogens is 1. The Morgan fingerprint density at radius 2 is 1.80 bits per heavy atom. The highest BCUT2D eigenvalue weighted by molar-refractivity contribution is 5.83. The summed E-state index contributed by atoms with van der Waals surface area (Å²) in [5.41, 5.74) is 7.50. The Labute approximate surface area is 235 Å². The molecule has 4 aromatic carbocycles. The lowest BCUT2D eigenvalue weighted by Crippen LogP contribution is -2.29. The zero-order valence-electron chi connectivity index (χ0n) is 22.8. The molecule has 0 amide bonds. The molecule has 40 heavy (non-hydrogen) atoms. The second-order valence-electron chi connectivity index (χ2n) is 10.4. The highest BCUT2D eigenvalue weighted by atomic mass is 19.1. The van der Waals surface area contributed by atoms with Crippen LogP contribution in [0.4, 0.5) is 15.8 Å². The second kappa shape index (κ2) is 11.4. The van der Waals surface area contributed by atoms with E-state index in [-0.39, 0.29) is 18.5 Å². The zero-order chi connectivity index (χ0) is 27.5. The van der Waals surface area contributed by atoms with E-state index in [1.165, 1.54) is 28.4 Å². The van der Waals surface area contributed by atoms with E-state index in [1.54, 1.807) is 18.2 Å². The third-order valence-electron chi connectivity index (χ3n) is 7.74. The van der Waals surface area contributed by atoms with Crippen molar-refractivity contribution in [3.05, 3.63) is 131 Å². The smallest absolute Gasteiger partial charge is 0.161 e. The highest BCUT2D eigenvalue weighted by Gasteiger charge is 2.37. The Kier molecular flexibility index (Phi) is 7.37. The molecule has 0 unspecified atom stereocenters. The van der Waals surface area contributed by atoms with Gasteiger partial charge in [0.2, 0.25) is 0 Å². The third-order valence-corrected chi connectivity index (χ3v) is 7.74. The van der Waals surface area contributed by atoms with Crippen LogP contribution in [0.25, 0.3) is 0 Å². The van der Waals surface area contributed by atoms with E-state index >= 15 is 0 Å². The van der Waals surface area contributed by atoms with Gasteiger partial charge in [-0.25, -0.2) is 4.39 Å². The maximum Gasteiger partial charge on any atom is 0.161 e. The average molecular weight is 533 g/mol. The molecule has 0 fully saturated rings. The number of hydrogen-bond acceptors (Lipinski definition) is 4. The fourth-order valence-electron chi connectivity index (χ4n) is 5.72. The number of ether oxygens (including phenoxy) is 2. The van der Waals surface area contributed by atoms with Gasteiger partial charge in [0, 0.05) is 23.4 Å². The molecule has 1 aliphatic carbocycles. The second-order valence-corrected chi connectivity index (χ2v) is 10.4. The zero-order valence-corrected chi connectivity index (χ0v) is 22.8. The van der Waals surface area contributed by atoms with Crippen molar-refractivity contribution in [2.45, 2.75) is 38.8 Å². The van der Waals surface area contributed by atoms with E-state index in [4.69, 9.17) is 14.5 Å². The highest BCUT2D eigenvalue weighted by Crippen LogP contribution is 2.50. The van der Waals surface area contributed by atoms with E-state index in [0.29, 0.717) is 35.5 Å². The molecule has 1 N–H and O–H groups in total. The predicted molar refractivity (Wildman–Crippen MR) is 160 cm³/mol. The van der Waals surface area contributed by atoms with Gasteiger partial charge in [-0.15, -0.1) is 0 Å². The Balaban J connectivity index is 1.16. The van der Waals surface area contributed by atoms with Crippen molar-refractivity contribution in [2.75, 3.05) is 11.9 Å². The number of benzene rings is 4. The molecular weight excluding hydrogens is 499 g/mol. The van der Waals surface area contributed by atoms with Gasteiger partial charge in [0.1, 0.15) is 12.4 Å². The maximum atomic E-state index is 14.0. The van der Waals surface area contributed by atoms with Crippen molar-refractivity contribution >= 4 is 17.6 Å². The minimum Gasteiger partial charge on any atom is -0.490 e. The summed E-state index contributed by atoms with van der Waals surface area (Å²) < 4.78 is 25.7. The number of aryl methyl sites for hydroxylation is 1. The van der Waals surface area contributed by atoms with E-state index < -0.39 is 0 Å². The summed E-state index contributed by atoms with van der Waals surface area (Å²) in [4.78, 5) is 4.71. The summed E-state index contributed by atoms with van der Waals surface area (Å²) >= 11 is 0. The number of nitrogens with one attached hydrogen (secondary N) is 1. The standard InChI is InChI=1S/C35H33FN2O2/c1-3-39-34-20-24(12-18-33(34)40-22-26-7-4-5-10-31(26)36)21-37-27-15-13-25(14-16-27)35-29-9-6-8-28(29)30-19-23(2)11-17-32(30)38-35/h4-8,10-21,28-29,35,38H,3,9,22H2,1-2H3/t28-,29+,35+/m1/s1. The van der Waals surface area contributed by atoms with Crippen molar-refractivity contribution in [1.82, 2.24) is 0 Å². The summed E-state index contributed by atoms with van der Waals surface area (Å²) in [6.45, 7) is 4.71. The molecule has 1 heterocycles. The molecule has 4 nitrogen and oxygen atoms in total. The van der Waals surface area contributed by atoms with Crippen LogP contribution in [0.1, 0.15) is 53.1 Å². The normalized spacial score (nSPS) is 19.2. The molecule has 0 saturated heterocycles. The lowest BCUT2D eigenvalue weighted by atomic mass is 9.76. The molecule has 3 atom stereocenters. The predicted octanol–water partition coefficient (Wildman–Crippen LogP) is 8.69. The van der Waals surface area contributed by atoms with Crippen LogP contribution in [-0.4, -0.2) is 12.8 Å². The number of allylic oxidation sites excluding steroid dienone is 2. The molecule has 1 aliphatic heterocycles. The van der Waals surface area contributed by atoms with E-state index in [0.717, 1.165) is 17.7 Å². The van der Waals surface area contributed by atoms with E-state index in [9.17, 15) is 4.39 Å². The van der Waals surface area contributed by atoms with Crippen molar-refractivity contribution in [1.29, 1.82) is 0 Å². The Morgan fingerprint density at radius 3 is 2.62 bits per heavy atom. The van der Waals surface area contributed by atoms with Crippen molar-refractivity contribution in [3.8, 4) is 11.5 Å². The first kappa shape index (κ1) is 25.9. The Hall–Kier alpha value is -4.38. The van der Waals surface area contributed by atoms with Gasteiger partial charge in [-0.2, -0.15) is 0 Å². The topological polar surface area (TPSA) is 42.8 Å². The van der Waals surface area contributed by atoms with Crippen molar-refractivity contribution < 1.29 is 13.9 Å². The minimum atomic E-state index is -0.283. The number of nitrogens with zero attached hydrogens (tertiary/aromatic N) is 1. The number of fused-ring (bicyclic) bond motifs is 3. The SMILES string of the molecule is CCOc1cc(C=Nc2ccc([C@@H]3Nc4ccc(C)cc4[C@@H]4C=CC[C@@H]43)cc2)ccc1OCc1ccccc1F. The quantitative estimate of drug-likeness (QED) is 0.182. The van der Waals surface area contributed by atoms with Crippen LogP contribution in [0, 0.1) is 18.7 Å². The first-order valence-electron chi connectivity index (χ1n) is 13.9. The molecule has 6 rings (SSSR count). The van der Waals surface area contributed by atoms with Gasteiger partial charge in [0.05, 0.1) is 18.3 Å². The van der Waals surface area contributed by atoms with Crippen LogP contribution >= 0.6 is 0 Å². The molecule has 0 radical (unpaired) electrons. The number of rotatable bonds is 8. The number of aliphatic imine (C=N–C) groups is 1. The van der Waals surface area contributed by atoms with Gasteiger partial charge in [-0.05, 0) is 85.3 Å². The van der Waals surface area contributed by atoms with Gasteiger partial charge in [-0.1, -0.05) is 60.2 Å². The Morgan fingerprint density at radius 1 is 0.950 bits per heavy atom. The first-order valence-corrected chi connectivity index (χ1v) is 13.9. The molecule has 2 aliphatic rings. The molecule has 0 spiro atoms. The van der Waals surface area contributed by atoms with Gasteiger partial charge >= 0.3 is 0 Å². The third kappa shape index (κ3) is 5.37. The van der Waals surface area contributed by atoms with Crippen LogP contribution in [0.5, 0.6) is 11.5 Å². The molecule has 0 aromatic heterocycles. The van der Waals surface area contributed by atoms with E-state index in [2.05, 4.69) is 66.9 Å². The van der Waals surface area contributed by atoms with Crippen LogP contribution in [0.15, 0.2) is 102 Å². The fraction of sp³-hybridized carbons (Fsp3) is 0.229. The average Bonchev–Trinajstić information content (AvgIpc) is 3.47. The lowest BCUT2D eigenvalue weighted by Gasteiger charge is -2.37. The van der Waals surface area contributed by atoms with Crippen LogP contribution < -0.4 is 14.8 Å². The minimum absolute atomic E-state index is 0.130. The monoisotopic (exact) mass is 532 g/mol. The summed E-state index contributed by atoms with van der Waals surface area (Å²) in [6, 6.07) is 27.8. The molecular formula is C35H33FN2O2. The molecule has 202 valence electrons. The fourth-order valence-corrected chi connectivity index (χ4v) is 5.72. The van der Waals surface area contributed by atoms with Crippen LogP contribution in [0.2, 0.25) is 0 Å². The lowest BCUT2D eigenvalue weighted by molar-refractivity contribution is 0.266. The maximum absolute atomic E-state index is 14.0. The molecule has 0 saturated carbocycles. The Bertz CT molecular complexity index is 1560. The molecule has 0 bridgehead atoms. The van der Waals surface area contributed by atoms with Crippen molar-refractivity contribution in [2.24, 2.45) is 10.9 Å². The van der Waals surface area contributed by atoms with Gasteiger partial charge in [0.15, 0.2) is 11.5 Å². The van der Waals surface area contributed by atoms with Gasteiger partial charge in [-0.3, -0.25) is 4.99 Å². The number of anilines is 1. The summed E-state index contributed by atoms with van der Waals surface area (Å²) in [5, 5.41) is 3.81. The van der Waals surface area contributed by atoms with Crippen LogP contribution in [-0.2, 0) is 6.61 Å². The molecule has 5 heteroatoms. The van der Waals surface area contributed by atoms with Gasteiger partial charge in [0.25, 0.3) is 0 Å². The first-order chi connectivity index (χ1) is 19.6. The van der Waals surface area contributed by atoms with Crippen LogP contribution in [0.3, 0.4) is 0 Å². The summed E-state index contributed by atoms with van der Waals surface area (Å²) in [6.07, 6.45) is 7.61. The van der Waals surface area contributed by atoms with E-state index in [1.807, 2.05) is 31.3 Å². The molecule has 4 aromatic rings.